The maximum atomic E-state index is 14.0. The molecule has 0 aromatic rings. The predicted molar refractivity (Wildman–Crippen MR) is 65.5 cm³/mol. The highest BCUT2D eigenvalue weighted by Crippen LogP contribution is 2.56. The van der Waals surface area contributed by atoms with Crippen molar-refractivity contribution in [1.29, 1.82) is 0 Å². The molecule has 0 bridgehead atoms. The Morgan fingerprint density at radius 1 is 1.12 bits per heavy atom. The number of halogens is 8. The summed E-state index contributed by atoms with van der Waals surface area (Å²) in [6.07, 6.45) is -14.8. The summed E-state index contributed by atoms with van der Waals surface area (Å²) in [4.78, 5) is 11.9. The van der Waals surface area contributed by atoms with Gasteiger partial charge in [-0.25, -0.2) is 0 Å². The normalized spacial score (nSPS) is 30.9. The molecule has 2 unspecified atom stereocenters. The molecule has 2 atom stereocenters. The Hall–Kier alpha value is -1.17. The van der Waals surface area contributed by atoms with Crippen molar-refractivity contribution in [2.45, 2.75) is 63.3 Å². The van der Waals surface area contributed by atoms with Crippen LogP contribution in [-0.2, 0) is 14.3 Å². The van der Waals surface area contributed by atoms with Crippen molar-refractivity contribution in [3.63, 3.8) is 0 Å². The lowest BCUT2D eigenvalue weighted by Crippen LogP contribution is -2.72. The summed E-state index contributed by atoms with van der Waals surface area (Å²) in [5.74, 6) is -11.4. The molecule has 0 radical (unpaired) electrons. The molecule has 1 N–H and O–H groups in total. The van der Waals surface area contributed by atoms with Crippen molar-refractivity contribution in [2.24, 2.45) is 5.41 Å². The van der Waals surface area contributed by atoms with Gasteiger partial charge in [0.1, 0.15) is 6.61 Å². The molecule has 0 amide bonds. The lowest BCUT2D eigenvalue weighted by Gasteiger charge is -2.49. The van der Waals surface area contributed by atoms with Gasteiger partial charge in [-0.1, -0.05) is 6.92 Å². The molecule has 0 aromatic heterocycles. The van der Waals surface area contributed by atoms with Gasteiger partial charge >= 0.3 is 24.2 Å². The molecule has 1 saturated heterocycles. The van der Waals surface area contributed by atoms with Crippen LogP contribution in [0, 0.1) is 5.41 Å². The molecule has 1 aliphatic rings. The Morgan fingerprint density at radius 2 is 1.60 bits per heavy atom. The molecule has 1 aliphatic heterocycles. The van der Waals surface area contributed by atoms with E-state index in [1.165, 1.54) is 6.92 Å². The van der Waals surface area contributed by atoms with Gasteiger partial charge in [0.05, 0.1) is 11.8 Å². The first kappa shape index (κ1) is 21.9. The van der Waals surface area contributed by atoms with Gasteiger partial charge in [0.15, 0.2) is 0 Å². The van der Waals surface area contributed by atoms with Crippen LogP contribution in [0.25, 0.3) is 0 Å². The molecule has 12 heteroatoms. The number of carbonyl (C=O) groups is 1. The van der Waals surface area contributed by atoms with E-state index in [1.54, 1.807) is 0 Å². The number of ether oxygens (including phenoxy) is 2. The van der Waals surface area contributed by atoms with Crippen LogP contribution in [0.2, 0.25) is 0 Å². The Labute approximate surface area is 137 Å². The number of alkyl halides is 8. The van der Waals surface area contributed by atoms with Crippen LogP contribution in [0.4, 0.5) is 35.1 Å². The molecule has 0 saturated carbocycles. The fourth-order valence-electron chi connectivity index (χ4n) is 1.94. The van der Waals surface area contributed by atoms with Gasteiger partial charge in [-0.05, 0) is 20.3 Å². The third-order valence-electron chi connectivity index (χ3n) is 4.18. The van der Waals surface area contributed by atoms with Gasteiger partial charge < -0.3 is 14.6 Å². The summed E-state index contributed by atoms with van der Waals surface area (Å²) in [5, 5.41) is 9.34. The number of rotatable bonds is 3. The lowest BCUT2D eigenvalue weighted by atomic mass is 9.82. The fourth-order valence-corrected chi connectivity index (χ4v) is 1.94. The second-order valence-electron chi connectivity index (χ2n) is 6.40. The SMILES string of the molecule is CCC(C)(C)C(=O)OC1(C(F)(F)F)CC(O)(C(F)(F)F)OCC1(F)F. The van der Waals surface area contributed by atoms with Crippen LogP contribution >= 0.6 is 0 Å². The minimum absolute atomic E-state index is 0.134. The van der Waals surface area contributed by atoms with Crippen molar-refractivity contribution < 1.29 is 54.5 Å². The monoisotopic (exact) mass is 388 g/mol. The van der Waals surface area contributed by atoms with E-state index >= 15 is 0 Å². The van der Waals surface area contributed by atoms with Gasteiger partial charge in [-0.2, -0.15) is 35.1 Å². The molecule has 0 spiro atoms. The molecule has 1 rings (SSSR count). The number of aliphatic hydroxyl groups is 1. The van der Waals surface area contributed by atoms with Crippen molar-refractivity contribution in [1.82, 2.24) is 0 Å². The summed E-state index contributed by atoms with van der Waals surface area (Å²) in [6, 6.07) is 0. The Balaban J connectivity index is 3.50. The zero-order valence-corrected chi connectivity index (χ0v) is 13.3. The largest absolute Gasteiger partial charge is 0.443 e. The average Bonchev–Trinajstić information content (AvgIpc) is 2.40. The van der Waals surface area contributed by atoms with E-state index in [-0.39, 0.29) is 6.42 Å². The highest BCUT2D eigenvalue weighted by molar-refractivity contribution is 5.76. The minimum atomic E-state index is -6.11. The molecular formula is C13H16F8O4. The maximum absolute atomic E-state index is 14.0. The van der Waals surface area contributed by atoms with Crippen molar-refractivity contribution in [3.05, 3.63) is 0 Å². The van der Waals surface area contributed by atoms with Crippen LogP contribution in [0.15, 0.2) is 0 Å². The van der Waals surface area contributed by atoms with Gasteiger partial charge in [0, 0.05) is 0 Å². The standard InChI is InChI=1S/C13H16F8O4/c1-4-8(2,3)7(22)25-9(12(16,17)18)5-11(23,13(19,20)21)24-6-10(9,14)15/h23H,4-6H2,1-3H3. The number of hydrogen-bond acceptors (Lipinski definition) is 4. The molecule has 0 aromatic carbocycles. The molecule has 4 nitrogen and oxygen atoms in total. The highest BCUT2D eigenvalue weighted by Gasteiger charge is 2.80. The molecule has 148 valence electrons. The van der Waals surface area contributed by atoms with E-state index in [4.69, 9.17) is 0 Å². The van der Waals surface area contributed by atoms with Crippen LogP contribution in [-0.4, -0.2) is 47.3 Å². The van der Waals surface area contributed by atoms with Gasteiger partial charge in [0.2, 0.25) is 0 Å². The predicted octanol–water partition coefficient (Wildman–Crippen LogP) is 3.57. The summed E-state index contributed by atoms with van der Waals surface area (Å²) >= 11 is 0. The third-order valence-corrected chi connectivity index (χ3v) is 4.18. The Bertz CT molecular complexity index is 527. The van der Waals surface area contributed by atoms with Crippen LogP contribution in [0.5, 0.6) is 0 Å². The smallest absolute Gasteiger partial charge is 0.442 e. The second kappa shape index (κ2) is 5.93. The molecule has 1 heterocycles. The number of carbonyl (C=O) groups excluding carboxylic acids is 1. The van der Waals surface area contributed by atoms with Crippen LogP contribution < -0.4 is 0 Å². The molecule has 25 heavy (non-hydrogen) atoms. The van der Waals surface area contributed by atoms with Gasteiger partial charge in [-0.3, -0.25) is 4.79 Å². The minimum Gasteiger partial charge on any atom is -0.442 e. The van der Waals surface area contributed by atoms with E-state index in [0.29, 0.717) is 0 Å². The van der Waals surface area contributed by atoms with Crippen LogP contribution in [0.1, 0.15) is 33.6 Å². The fraction of sp³-hybridized carbons (Fsp3) is 0.923. The Kier molecular flexibility index (Phi) is 5.19. The second-order valence-corrected chi connectivity index (χ2v) is 6.40. The summed E-state index contributed by atoms with van der Waals surface area (Å²) < 4.78 is 114. The van der Waals surface area contributed by atoms with Crippen molar-refractivity contribution in [3.8, 4) is 0 Å². The summed E-state index contributed by atoms with van der Waals surface area (Å²) in [6.45, 7) is 1.05. The lowest BCUT2D eigenvalue weighted by molar-refractivity contribution is -0.453. The summed E-state index contributed by atoms with van der Waals surface area (Å²) in [5.41, 5.74) is -6.57. The quantitative estimate of drug-likeness (QED) is 0.593. The number of esters is 1. The van der Waals surface area contributed by atoms with E-state index in [2.05, 4.69) is 9.47 Å². The van der Waals surface area contributed by atoms with Gasteiger partial charge in [-0.15, -0.1) is 0 Å². The van der Waals surface area contributed by atoms with Crippen LogP contribution in [0.3, 0.4) is 0 Å². The first-order valence-electron chi connectivity index (χ1n) is 6.96. The summed E-state index contributed by atoms with van der Waals surface area (Å²) in [7, 11) is 0. The maximum Gasteiger partial charge on any atom is 0.443 e. The number of hydrogen-bond donors (Lipinski definition) is 1. The highest BCUT2D eigenvalue weighted by atomic mass is 19.4. The van der Waals surface area contributed by atoms with E-state index in [0.717, 1.165) is 13.8 Å². The molecule has 0 aliphatic carbocycles. The van der Waals surface area contributed by atoms with E-state index in [1.807, 2.05) is 0 Å². The molecule has 1 fully saturated rings. The first-order chi connectivity index (χ1) is 10.9. The van der Waals surface area contributed by atoms with Gasteiger partial charge in [0.25, 0.3) is 11.4 Å². The zero-order valence-electron chi connectivity index (χ0n) is 13.3. The Morgan fingerprint density at radius 3 is 1.96 bits per heavy atom. The van der Waals surface area contributed by atoms with E-state index in [9.17, 15) is 45.0 Å². The van der Waals surface area contributed by atoms with Crippen molar-refractivity contribution in [2.75, 3.05) is 6.61 Å². The van der Waals surface area contributed by atoms with E-state index < -0.39 is 54.1 Å². The van der Waals surface area contributed by atoms with Crippen molar-refractivity contribution >= 4 is 5.97 Å². The first-order valence-corrected chi connectivity index (χ1v) is 6.96. The third kappa shape index (κ3) is 3.55. The topological polar surface area (TPSA) is 55.8 Å². The average molecular weight is 388 g/mol. The molecular weight excluding hydrogens is 372 g/mol. The zero-order chi connectivity index (χ0) is 20.1.